The standard InChI is InChI=1S/C21H33BN6O2/c1-2-21(14-6-4-3-5-7-14)11-13-10-15(22)16(8-9-24-18(13)27-28-21)25-19(29)17-12-30-20(23)26-17/h8,10,12-14,18,24,27-28H,2-7,9,11,22H2,1H3,(H2,23,26)(H,25,29)/b15-10+,16-8-. The molecular formula is C21H33BN6O2. The Morgan fingerprint density at radius 2 is 2.20 bits per heavy atom. The molecule has 1 saturated heterocycles. The molecule has 1 aromatic rings. The van der Waals surface area contributed by atoms with Crippen molar-refractivity contribution in [3.8, 4) is 0 Å². The van der Waals surface area contributed by atoms with Gasteiger partial charge in [0.1, 0.15) is 14.1 Å². The number of carbonyl (C=O) groups excluding carboxylic acids is 1. The molecular weight excluding hydrogens is 379 g/mol. The fraction of sp³-hybridized carbons (Fsp3) is 0.619. The number of nitrogens with one attached hydrogen (secondary N) is 4. The number of oxazole rings is 1. The zero-order valence-corrected chi connectivity index (χ0v) is 18.0. The third-order valence-corrected chi connectivity index (χ3v) is 7.06. The minimum absolute atomic E-state index is 0.0111. The van der Waals surface area contributed by atoms with Gasteiger partial charge in [0, 0.05) is 23.7 Å². The summed E-state index contributed by atoms with van der Waals surface area (Å²) in [4.78, 5) is 16.4. The van der Waals surface area contributed by atoms with Crippen LogP contribution in [0.5, 0.6) is 0 Å². The van der Waals surface area contributed by atoms with Crippen LogP contribution in [0.2, 0.25) is 0 Å². The second-order valence-electron chi connectivity index (χ2n) is 8.86. The second-order valence-corrected chi connectivity index (χ2v) is 8.86. The smallest absolute Gasteiger partial charge is 0.292 e. The zero-order chi connectivity index (χ0) is 21.1. The molecule has 3 heterocycles. The molecule has 3 aliphatic rings. The summed E-state index contributed by atoms with van der Waals surface area (Å²) in [6.07, 6.45) is 14.5. The Morgan fingerprint density at radius 3 is 2.90 bits per heavy atom. The highest BCUT2D eigenvalue weighted by Crippen LogP contribution is 2.41. The van der Waals surface area contributed by atoms with Crippen LogP contribution in [0.15, 0.2) is 34.0 Å². The van der Waals surface area contributed by atoms with Crippen LogP contribution in [0.25, 0.3) is 0 Å². The SMILES string of the molecule is BC1=C/C2CC(CC)(C3CCCCC3)NNC2NC\C=C\1NC(=O)c1coc(N)n1. The van der Waals surface area contributed by atoms with Crippen LogP contribution < -0.4 is 27.2 Å². The minimum Gasteiger partial charge on any atom is -0.431 e. The van der Waals surface area contributed by atoms with Gasteiger partial charge in [-0.25, -0.2) is 10.9 Å². The van der Waals surface area contributed by atoms with Crippen molar-refractivity contribution in [3.05, 3.63) is 35.3 Å². The van der Waals surface area contributed by atoms with Gasteiger partial charge < -0.3 is 15.5 Å². The molecule has 0 bridgehead atoms. The van der Waals surface area contributed by atoms with Gasteiger partial charge in [-0.15, -0.1) is 0 Å². The highest BCUT2D eigenvalue weighted by atomic mass is 16.4. The van der Waals surface area contributed by atoms with Gasteiger partial charge in [0.25, 0.3) is 11.9 Å². The molecule has 0 spiro atoms. The van der Waals surface area contributed by atoms with Crippen molar-refractivity contribution in [2.45, 2.75) is 63.6 Å². The number of hydrazine groups is 1. The van der Waals surface area contributed by atoms with Gasteiger partial charge in [-0.3, -0.25) is 10.1 Å². The van der Waals surface area contributed by atoms with E-state index in [0.29, 0.717) is 18.4 Å². The summed E-state index contributed by atoms with van der Waals surface area (Å²) in [7, 11) is 2.06. The third kappa shape index (κ3) is 4.33. The van der Waals surface area contributed by atoms with Crippen LogP contribution in [0.4, 0.5) is 6.01 Å². The number of hydrogen-bond donors (Lipinski definition) is 5. The third-order valence-electron chi connectivity index (χ3n) is 7.06. The minimum atomic E-state index is -0.319. The van der Waals surface area contributed by atoms with Crippen LogP contribution in [0.1, 0.15) is 62.4 Å². The van der Waals surface area contributed by atoms with Crippen LogP contribution in [-0.2, 0) is 0 Å². The predicted octanol–water partition coefficient (Wildman–Crippen LogP) is 1.16. The summed E-state index contributed by atoms with van der Waals surface area (Å²) < 4.78 is 4.95. The van der Waals surface area contributed by atoms with E-state index in [1.807, 2.05) is 6.08 Å². The van der Waals surface area contributed by atoms with Gasteiger partial charge in [-0.1, -0.05) is 37.7 Å². The Balaban J connectivity index is 1.51. The van der Waals surface area contributed by atoms with Crippen molar-refractivity contribution < 1.29 is 9.21 Å². The van der Waals surface area contributed by atoms with E-state index < -0.39 is 0 Å². The summed E-state index contributed by atoms with van der Waals surface area (Å²) in [5, 5.41) is 6.52. The molecule has 3 atom stereocenters. The summed E-state index contributed by atoms with van der Waals surface area (Å²) >= 11 is 0. The maximum atomic E-state index is 12.5. The Kier molecular flexibility index (Phi) is 6.31. The number of carbonyl (C=O) groups is 1. The molecule has 3 unspecified atom stereocenters. The first kappa shape index (κ1) is 21.1. The largest absolute Gasteiger partial charge is 0.431 e. The highest BCUT2D eigenvalue weighted by Gasteiger charge is 2.44. The first-order chi connectivity index (χ1) is 14.5. The lowest BCUT2D eigenvalue weighted by Gasteiger charge is -2.51. The molecule has 1 amide bonds. The van der Waals surface area contributed by atoms with Crippen LogP contribution in [-0.4, -0.2) is 37.0 Å². The molecule has 4 rings (SSSR count). The summed E-state index contributed by atoms with van der Waals surface area (Å²) in [5.41, 5.74) is 14.9. The highest BCUT2D eigenvalue weighted by molar-refractivity contribution is 6.24. The fourth-order valence-corrected chi connectivity index (χ4v) is 5.31. The lowest BCUT2D eigenvalue weighted by molar-refractivity contribution is 0.0501. The van der Waals surface area contributed by atoms with Gasteiger partial charge in [0.2, 0.25) is 0 Å². The van der Waals surface area contributed by atoms with Gasteiger partial charge >= 0.3 is 0 Å². The number of anilines is 1. The van der Waals surface area contributed by atoms with Crippen LogP contribution >= 0.6 is 0 Å². The molecule has 1 aliphatic carbocycles. The Morgan fingerprint density at radius 1 is 1.40 bits per heavy atom. The van der Waals surface area contributed by atoms with Crippen molar-refractivity contribution >= 4 is 19.8 Å². The molecule has 9 heteroatoms. The second kappa shape index (κ2) is 8.95. The molecule has 0 aromatic carbocycles. The lowest BCUT2D eigenvalue weighted by atomic mass is 9.67. The van der Waals surface area contributed by atoms with Crippen molar-refractivity contribution in [2.24, 2.45) is 11.8 Å². The average molecular weight is 412 g/mol. The van der Waals surface area contributed by atoms with E-state index >= 15 is 0 Å². The molecule has 2 fully saturated rings. The van der Waals surface area contributed by atoms with Gasteiger partial charge in [0.15, 0.2) is 5.69 Å². The topological polar surface area (TPSA) is 117 Å². The van der Waals surface area contributed by atoms with E-state index in [0.717, 1.165) is 24.0 Å². The van der Waals surface area contributed by atoms with Crippen molar-refractivity contribution in [1.82, 2.24) is 26.5 Å². The van der Waals surface area contributed by atoms with E-state index in [1.54, 1.807) is 0 Å². The summed E-state index contributed by atoms with van der Waals surface area (Å²) in [5.74, 6) is 0.715. The number of hydrogen-bond acceptors (Lipinski definition) is 7. The van der Waals surface area contributed by atoms with Gasteiger partial charge in [-0.05, 0) is 37.7 Å². The van der Waals surface area contributed by atoms with Gasteiger partial charge in [-0.2, -0.15) is 4.98 Å². The number of nitrogen functional groups attached to an aromatic ring is 1. The Bertz CT molecular complexity index is 831. The predicted molar refractivity (Wildman–Crippen MR) is 119 cm³/mol. The fourth-order valence-electron chi connectivity index (χ4n) is 5.31. The number of nitrogens with zero attached hydrogens (tertiary/aromatic N) is 1. The molecule has 6 N–H and O–H groups in total. The van der Waals surface area contributed by atoms with E-state index in [2.05, 4.69) is 47.3 Å². The summed E-state index contributed by atoms with van der Waals surface area (Å²) in [6.45, 7) is 2.95. The maximum absolute atomic E-state index is 12.5. The number of fused-ring (bicyclic) bond motifs is 1. The first-order valence-corrected chi connectivity index (χ1v) is 11.2. The quantitative estimate of drug-likeness (QED) is 0.471. The molecule has 1 saturated carbocycles. The number of aromatic nitrogens is 1. The van der Waals surface area contributed by atoms with E-state index in [9.17, 15) is 4.79 Å². The first-order valence-electron chi connectivity index (χ1n) is 11.2. The van der Waals surface area contributed by atoms with Crippen LogP contribution in [0, 0.1) is 11.8 Å². The molecule has 2 aliphatic heterocycles. The van der Waals surface area contributed by atoms with Gasteiger partial charge in [0.05, 0.1) is 6.17 Å². The van der Waals surface area contributed by atoms with Crippen molar-refractivity contribution in [3.63, 3.8) is 0 Å². The number of rotatable bonds is 4. The molecule has 0 radical (unpaired) electrons. The monoisotopic (exact) mass is 412 g/mol. The van der Waals surface area contributed by atoms with Crippen LogP contribution in [0.3, 0.4) is 0 Å². The lowest BCUT2D eigenvalue weighted by Crippen LogP contribution is -2.69. The number of amides is 1. The normalized spacial score (nSPS) is 33.9. The number of allylic oxidation sites excluding steroid dienone is 1. The van der Waals surface area contributed by atoms with E-state index in [1.165, 1.54) is 38.4 Å². The van der Waals surface area contributed by atoms with Crippen molar-refractivity contribution in [2.75, 3.05) is 12.3 Å². The van der Waals surface area contributed by atoms with E-state index in [-0.39, 0.29) is 29.3 Å². The average Bonchev–Trinajstić information content (AvgIpc) is 3.20. The van der Waals surface area contributed by atoms with E-state index in [4.69, 9.17) is 10.2 Å². The van der Waals surface area contributed by atoms with Crippen molar-refractivity contribution in [1.29, 1.82) is 0 Å². The molecule has 162 valence electrons. The molecule has 8 nitrogen and oxygen atoms in total. The zero-order valence-electron chi connectivity index (χ0n) is 18.0. The maximum Gasteiger partial charge on any atom is 0.292 e. The molecule has 30 heavy (non-hydrogen) atoms. The molecule has 1 aromatic heterocycles. The Hall–Kier alpha value is -2.10. The summed E-state index contributed by atoms with van der Waals surface area (Å²) in [6, 6.07) is -0.0111. The number of nitrogens with two attached hydrogens (primary N) is 1. The Labute approximate surface area is 178 Å².